The van der Waals surface area contributed by atoms with E-state index in [0.29, 0.717) is 54.6 Å². The van der Waals surface area contributed by atoms with Crippen molar-refractivity contribution in [3.63, 3.8) is 0 Å². The highest BCUT2D eigenvalue weighted by atomic mass is 19.4. The van der Waals surface area contributed by atoms with Crippen LogP contribution in [0.15, 0.2) is 47.5 Å². The Morgan fingerprint density at radius 2 is 1.69 bits per heavy atom. The zero-order chi connectivity index (χ0) is 30.0. The van der Waals surface area contributed by atoms with E-state index in [4.69, 9.17) is 14.7 Å². The van der Waals surface area contributed by atoms with E-state index >= 15 is 0 Å². The van der Waals surface area contributed by atoms with Crippen molar-refractivity contribution in [3.05, 3.63) is 64.2 Å². The van der Waals surface area contributed by atoms with Crippen molar-refractivity contribution in [3.8, 4) is 17.6 Å². The lowest BCUT2D eigenvalue weighted by Gasteiger charge is -2.34. The van der Waals surface area contributed by atoms with Gasteiger partial charge < -0.3 is 14.4 Å². The van der Waals surface area contributed by atoms with Gasteiger partial charge in [-0.05, 0) is 69.1 Å². The van der Waals surface area contributed by atoms with E-state index in [0.717, 1.165) is 43.4 Å². The number of fused-ring (bicyclic) bond motifs is 1. The van der Waals surface area contributed by atoms with E-state index in [2.05, 4.69) is 4.90 Å². The molecule has 9 nitrogen and oxygen atoms in total. The molecule has 3 aliphatic rings. The van der Waals surface area contributed by atoms with Crippen molar-refractivity contribution in [2.24, 2.45) is 0 Å². The Labute approximate surface area is 240 Å². The first-order valence-corrected chi connectivity index (χ1v) is 13.7. The third-order valence-electron chi connectivity index (χ3n) is 7.81. The highest BCUT2D eigenvalue weighted by molar-refractivity contribution is 6.32. The van der Waals surface area contributed by atoms with Crippen LogP contribution in [0.5, 0.6) is 11.5 Å². The van der Waals surface area contributed by atoms with Crippen molar-refractivity contribution in [2.45, 2.75) is 38.8 Å². The van der Waals surface area contributed by atoms with Gasteiger partial charge in [-0.3, -0.25) is 19.3 Å². The Kier molecular flexibility index (Phi) is 8.22. The van der Waals surface area contributed by atoms with Crippen LogP contribution in [0.4, 0.5) is 18.9 Å². The molecule has 0 radical (unpaired) electrons. The molecule has 220 valence electrons. The number of nitriles is 1. The largest absolute Gasteiger partial charge is 0.454 e. The summed E-state index contributed by atoms with van der Waals surface area (Å²) in [5.41, 5.74) is -0.882. The number of halogens is 3. The normalized spacial score (nSPS) is 17.3. The fourth-order valence-electron chi connectivity index (χ4n) is 5.42. The van der Waals surface area contributed by atoms with Gasteiger partial charge in [0.1, 0.15) is 0 Å². The molecule has 42 heavy (non-hydrogen) atoms. The predicted molar refractivity (Wildman–Crippen MR) is 145 cm³/mol. The monoisotopic (exact) mass is 582 g/mol. The van der Waals surface area contributed by atoms with Crippen LogP contribution in [-0.2, 0) is 15.8 Å². The lowest BCUT2D eigenvalue weighted by Crippen LogP contribution is -2.48. The maximum atomic E-state index is 13.4. The molecular formula is C30H29F3N4O5. The zero-order valence-electron chi connectivity index (χ0n) is 23.0. The van der Waals surface area contributed by atoms with Crippen LogP contribution < -0.4 is 14.4 Å². The number of ether oxygens (including phenoxy) is 2. The third kappa shape index (κ3) is 5.83. The SMILES string of the molecule is CC1=C(CCCCCN2CCN(C(=O)c3ccc4c(c3)OCO4)CC2)C(=O)N(c2ccc(C#N)c(C(F)(F)F)c2)C1=O. The number of anilines is 1. The van der Waals surface area contributed by atoms with E-state index in [1.807, 2.05) is 4.90 Å². The standard InChI is InChI=1S/C30H29F3N4O5/c1-19-23(29(40)37(27(19)38)22-8-6-21(17-34)24(16-22)30(31,32)33)5-3-2-4-10-35-11-13-36(14-12-35)28(39)20-7-9-25-26(15-20)42-18-41-25/h6-9,15-16H,2-5,10-14,18H2,1H3. The predicted octanol–water partition coefficient (Wildman–Crippen LogP) is 4.51. The van der Waals surface area contributed by atoms with Crippen LogP contribution in [0.25, 0.3) is 0 Å². The van der Waals surface area contributed by atoms with Crippen LogP contribution >= 0.6 is 0 Å². The summed E-state index contributed by atoms with van der Waals surface area (Å²) in [7, 11) is 0. The smallest absolute Gasteiger partial charge is 0.417 e. The number of unbranched alkanes of at least 4 members (excludes halogenated alkanes) is 2. The zero-order valence-corrected chi connectivity index (χ0v) is 23.0. The minimum atomic E-state index is -4.80. The molecule has 0 unspecified atom stereocenters. The Hall–Kier alpha value is -4.37. The molecule has 2 aromatic rings. The molecule has 0 aliphatic carbocycles. The fraction of sp³-hybridized carbons (Fsp3) is 0.400. The number of carbonyl (C=O) groups excluding carboxylic acids is 3. The second kappa shape index (κ2) is 11.9. The maximum absolute atomic E-state index is 13.4. The summed E-state index contributed by atoms with van der Waals surface area (Å²) >= 11 is 0. The van der Waals surface area contributed by atoms with Crippen LogP contribution in [0.3, 0.4) is 0 Å². The van der Waals surface area contributed by atoms with Crippen molar-refractivity contribution < 1.29 is 37.0 Å². The van der Waals surface area contributed by atoms with Gasteiger partial charge >= 0.3 is 6.18 Å². The Morgan fingerprint density at radius 3 is 2.40 bits per heavy atom. The average Bonchev–Trinajstić information content (AvgIpc) is 3.53. The molecular weight excluding hydrogens is 553 g/mol. The molecule has 0 N–H and O–H groups in total. The summed E-state index contributed by atoms with van der Waals surface area (Å²) in [5.74, 6) is -0.113. The first-order valence-electron chi connectivity index (χ1n) is 13.7. The van der Waals surface area contributed by atoms with E-state index in [1.165, 1.54) is 19.1 Å². The summed E-state index contributed by atoms with van der Waals surface area (Å²) in [6.07, 6.45) is -2.16. The molecule has 0 spiro atoms. The molecule has 0 atom stereocenters. The fourth-order valence-corrected chi connectivity index (χ4v) is 5.42. The van der Waals surface area contributed by atoms with Gasteiger partial charge in [-0.15, -0.1) is 0 Å². The van der Waals surface area contributed by atoms with E-state index in [-0.39, 0.29) is 24.0 Å². The summed E-state index contributed by atoms with van der Waals surface area (Å²) in [4.78, 5) is 43.6. The van der Waals surface area contributed by atoms with Gasteiger partial charge in [-0.2, -0.15) is 18.4 Å². The van der Waals surface area contributed by atoms with E-state index in [1.54, 1.807) is 18.2 Å². The summed E-state index contributed by atoms with van der Waals surface area (Å²) < 4.78 is 50.9. The highest BCUT2D eigenvalue weighted by Crippen LogP contribution is 2.37. The van der Waals surface area contributed by atoms with Crippen LogP contribution in [0, 0.1) is 11.3 Å². The van der Waals surface area contributed by atoms with Gasteiger partial charge in [-0.1, -0.05) is 6.42 Å². The number of piperazine rings is 1. The minimum absolute atomic E-state index is 0.0444. The summed E-state index contributed by atoms with van der Waals surface area (Å²) in [5, 5.41) is 9.02. The van der Waals surface area contributed by atoms with Gasteiger partial charge in [-0.25, -0.2) is 4.90 Å². The lowest BCUT2D eigenvalue weighted by molar-refractivity contribution is -0.138. The van der Waals surface area contributed by atoms with Crippen LogP contribution in [-0.4, -0.2) is 67.0 Å². The van der Waals surface area contributed by atoms with Crippen LogP contribution in [0.2, 0.25) is 0 Å². The topological polar surface area (TPSA) is 103 Å². The van der Waals surface area contributed by atoms with Gasteiger partial charge in [0, 0.05) is 42.9 Å². The minimum Gasteiger partial charge on any atom is -0.454 e. The van der Waals surface area contributed by atoms with Gasteiger partial charge in [0.2, 0.25) is 6.79 Å². The quantitative estimate of drug-likeness (QED) is 0.333. The Bertz CT molecular complexity index is 1490. The average molecular weight is 583 g/mol. The van der Waals surface area contributed by atoms with Crippen molar-refractivity contribution in [1.29, 1.82) is 5.26 Å². The molecule has 12 heteroatoms. The second-order valence-electron chi connectivity index (χ2n) is 10.4. The number of hydrogen-bond donors (Lipinski definition) is 0. The van der Waals surface area contributed by atoms with Crippen LogP contribution in [0.1, 0.15) is 54.1 Å². The lowest BCUT2D eigenvalue weighted by atomic mass is 10.0. The van der Waals surface area contributed by atoms with Crippen molar-refractivity contribution in [1.82, 2.24) is 9.80 Å². The maximum Gasteiger partial charge on any atom is 0.417 e. The first kappa shape index (κ1) is 29.1. The molecule has 3 amide bonds. The van der Waals surface area contributed by atoms with Gasteiger partial charge in [0.05, 0.1) is 22.9 Å². The molecule has 1 saturated heterocycles. The van der Waals surface area contributed by atoms with Crippen molar-refractivity contribution in [2.75, 3.05) is 44.4 Å². The molecule has 5 rings (SSSR count). The highest BCUT2D eigenvalue weighted by Gasteiger charge is 2.39. The molecule has 2 aromatic carbocycles. The number of alkyl halides is 3. The molecule has 0 saturated carbocycles. The number of nitrogens with zero attached hydrogens (tertiary/aromatic N) is 4. The molecule has 3 heterocycles. The van der Waals surface area contributed by atoms with E-state index in [9.17, 15) is 27.6 Å². The number of benzene rings is 2. The van der Waals surface area contributed by atoms with E-state index < -0.39 is 29.1 Å². The third-order valence-corrected chi connectivity index (χ3v) is 7.81. The molecule has 1 fully saturated rings. The van der Waals surface area contributed by atoms with Gasteiger partial charge in [0.25, 0.3) is 17.7 Å². The van der Waals surface area contributed by atoms with Crippen molar-refractivity contribution >= 4 is 23.4 Å². The summed E-state index contributed by atoms with van der Waals surface area (Å²) in [6.45, 7) is 5.19. The molecule has 3 aliphatic heterocycles. The number of imide groups is 1. The first-order chi connectivity index (χ1) is 20.1. The molecule has 0 aromatic heterocycles. The number of amides is 3. The second-order valence-corrected chi connectivity index (χ2v) is 10.4. The molecule has 0 bridgehead atoms. The van der Waals surface area contributed by atoms with Gasteiger partial charge in [0.15, 0.2) is 11.5 Å². The summed E-state index contributed by atoms with van der Waals surface area (Å²) in [6, 6.07) is 9.52. The Morgan fingerprint density at radius 1 is 0.952 bits per heavy atom. The number of hydrogen-bond acceptors (Lipinski definition) is 7. The Balaban J connectivity index is 1.07. The number of carbonyl (C=O) groups is 3. The number of rotatable bonds is 8.